The molecule has 0 unspecified atom stereocenters. The molecule has 176 valence electrons. The van der Waals surface area contributed by atoms with Gasteiger partial charge in [-0.15, -0.1) is 0 Å². The summed E-state index contributed by atoms with van der Waals surface area (Å²) >= 11 is 1.30. The lowest BCUT2D eigenvalue weighted by Gasteiger charge is -2.25. The first-order valence-corrected chi connectivity index (χ1v) is 12.2. The van der Waals surface area contributed by atoms with E-state index in [4.69, 9.17) is 9.47 Å². The third kappa shape index (κ3) is 3.98. The Balaban J connectivity index is 1.81. The standard InChI is InChI=1S/C28H24N2O4S/c1-4-34-27(32)24-17(2)29-28-30(25(24)21-14-9-12-18-10-5-7-13-20(18)21)26(31)23(35-28)16-19-11-6-8-15-22(19)33-3/h5-16,25H,4H2,1-3H3/b23-16-/t25-/m1/s1. The Bertz CT molecular complexity index is 1660. The summed E-state index contributed by atoms with van der Waals surface area (Å²) in [5.74, 6) is 0.207. The fraction of sp³-hybridized carbons (Fsp3) is 0.179. The van der Waals surface area contributed by atoms with E-state index in [1.165, 1.54) is 11.3 Å². The number of fused-ring (bicyclic) bond motifs is 2. The van der Waals surface area contributed by atoms with Crippen molar-refractivity contribution in [2.24, 2.45) is 4.99 Å². The Morgan fingerprint density at radius 1 is 1.09 bits per heavy atom. The van der Waals surface area contributed by atoms with Crippen LogP contribution in [0.2, 0.25) is 0 Å². The van der Waals surface area contributed by atoms with Gasteiger partial charge in [0, 0.05) is 5.56 Å². The van der Waals surface area contributed by atoms with E-state index >= 15 is 0 Å². The summed E-state index contributed by atoms with van der Waals surface area (Å²) in [6.45, 7) is 3.79. The maximum absolute atomic E-state index is 13.8. The molecule has 0 bridgehead atoms. The van der Waals surface area contributed by atoms with Crippen LogP contribution >= 0.6 is 11.3 Å². The molecule has 0 aliphatic carbocycles. The number of aromatic nitrogens is 1. The van der Waals surface area contributed by atoms with E-state index in [1.807, 2.05) is 72.8 Å². The smallest absolute Gasteiger partial charge is 0.338 e. The fourth-order valence-electron chi connectivity index (χ4n) is 4.50. The van der Waals surface area contributed by atoms with Crippen molar-refractivity contribution in [3.63, 3.8) is 0 Å². The van der Waals surface area contributed by atoms with Crippen molar-refractivity contribution in [3.05, 3.63) is 109 Å². The number of methoxy groups -OCH3 is 1. The predicted molar refractivity (Wildman–Crippen MR) is 137 cm³/mol. The van der Waals surface area contributed by atoms with Crippen LogP contribution in [-0.2, 0) is 9.53 Å². The third-order valence-electron chi connectivity index (χ3n) is 6.06. The molecule has 0 spiro atoms. The Morgan fingerprint density at radius 3 is 2.63 bits per heavy atom. The summed E-state index contributed by atoms with van der Waals surface area (Å²) in [5.41, 5.74) is 2.35. The van der Waals surface area contributed by atoms with Crippen LogP contribution < -0.4 is 19.6 Å². The minimum absolute atomic E-state index is 0.216. The molecule has 1 aliphatic heterocycles. The number of hydrogen-bond donors (Lipinski definition) is 0. The molecule has 1 aromatic heterocycles. The van der Waals surface area contributed by atoms with Crippen LogP contribution in [0.5, 0.6) is 5.75 Å². The van der Waals surface area contributed by atoms with Crippen molar-refractivity contribution in [2.45, 2.75) is 19.9 Å². The number of esters is 1. The van der Waals surface area contributed by atoms with Crippen LogP contribution in [0.4, 0.5) is 0 Å². The molecule has 6 nitrogen and oxygen atoms in total. The van der Waals surface area contributed by atoms with Gasteiger partial charge in [-0.1, -0.05) is 72.0 Å². The molecule has 3 aromatic carbocycles. The maximum Gasteiger partial charge on any atom is 0.338 e. The van der Waals surface area contributed by atoms with Gasteiger partial charge in [0.05, 0.1) is 35.6 Å². The number of allylic oxidation sites excluding steroid dienone is 1. The third-order valence-corrected chi connectivity index (χ3v) is 7.04. The molecule has 4 aromatic rings. The number of ether oxygens (including phenoxy) is 2. The first-order chi connectivity index (χ1) is 17.0. The largest absolute Gasteiger partial charge is 0.496 e. The molecule has 0 radical (unpaired) electrons. The molecule has 0 saturated heterocycles. The zero-order chi connectivity index (χ0) is 24.5. The van der Waals surface area contributed by atoms with Crippen LogP contribution in [0.1, 0.15) is 31.0 Å². The highest BCUT2D eigenvalue weighted by molar-refractivity contribution is 7.07. The van der Waals surface area contributed by atoms with Gasteiger partial charge in [0.2, 0.25) is 0 Å². The van der Waals surface area contributed by atoms with Gasteiger partial charge in [0.1, 0.15) is 5.75 Å². The lowest BCUT2D eigenvalue weighted by molar-refractivity contribution is -0.139. The predicted octanol–water partition coefficient (Wildman–Crippen LogP) is 3.96. The van der Waals surface area contributed by atoms with E-state index in [0.717, 1.165) is 21.9 Å². The molecular weight excluding hydrogens is 460 g/mol. The maximum atomic E-state index is 13.8. The SMILES string of the molecule is CCOC(=O)C1=C(C)N=c2s/c(=C\c3ccccc3OC)c(=O)n2[C@@H]1c1cccc2ccccc12. The second kappa shape index (κ2) is 9.35. The van der Waals surface area contributed by atoms with E-state index in [0.29, 0.717) is 26.4 Å². The number of nitrogens with zero attached hydrogens (tertiary/aromatic N) is 2. The summed E-state index contributed by atoms with van der Waals surface area (Å²) < 4.78 is 13.0. The van der Waals surface area contributed by atoms with E-state index in [2.05, 4.69) is 4.99 Å². The number of hydrogen-bond acceptors (Lipinski definition) is 6. The lowest BCUT2D eigenvalue weighted by Crippen LogP contribution is -2.40. The van der Waals surface area contributed by atoms with Crippen molar-refractivity contribution >= 4 is 34.2 Å². The summed E-state index contributed by atoms with van der Waals surface area (Å²) in [6, 6.07) is 20.7. The topological polar surface area (TPSA) is 69.9 Å². The summed E-state index contributed by atoms with van der Waals surface area (Å²) in [5, 5.41) is 2.00. The molecule has 1 atom stereocenters. The van der Waals surface area contributed by atoms with Gasteiger partial charge in [-0.2, -0.15) is 0 Å². The zero-order valence-electron chi connectivity index (χ0n) is 19.6. The van der Waals surface area contributed by atoms with Crippen molar-refractivity contribution in [1.82, 2.24) is 4.57 Å². The highest BCUT2D eigenvalue weighted by Crippen LogP contribution is 2.34. The normalized spacial score (nSPS) is 15.6. The van der Waals surface area contributed by atoms with Gasteiger partial charge in [0.15, 0.2) is 4.80 Å². The molecule has 5 rings (SSSR count). The van der Waals surface area contributed by atoms with E-state index < -0.39 is 12.0 Å². The van der Waals surface area contributed by atoms with Gasteiger partial charge >= 0.3 is 5.97 Å². The van der Waals surface area contributed by atoms with Gasteiger partial charge in [-0.25, -0.2) is 9.79 Å². The summed E-state index contributed by atoms with van der Waals surface area (Å²) in [7, 11) is 1.60. The number of carbonyl (C=O) groups is 1. The number of benzene rings is 3. The van der Waals surface area contributed by atoms with E-state index in [1.54, 1.807) is 25.5 Å². The second-order valence-corrected chi connectivity index (χ2v) is 9.12. The van der Waals surface area contributed by atoms with Crippen molar-refractivity contribution in [1.29, 1.82) is 0 Å². The minimum atomic E-state index is -0.656. The number of carbonyl (C=O) groups excluding carboxylic acids is 1. The average molecular weight is 485 g/mol. The van der Waals surface area contributed by atoms with Crippen LogP contribution in [0.25, 0.3) is 16.8 Å². The highest BCUT2D eigenvalue weighted by Gasteiger charge is 2.34. The quantitative estimate of drug-likeness (QED) is 0.402. The Labute approximate surface area is 206 Å². The second-order valence-electron chi connectivity index (χ2n) is 8.11. The summed E-state index contributed by atoms with van der Waals surface area (Å²) in [4.78, 5) is 32.2. The lowest BCUT2D eigenvalue weighted by atomic mass is 9.91. The Hall–Kier alpha value is -3.97. The Kier molecular flexibility index (Phi) is 6.09. The van der Waals surface area contributed by atoms with Gasteiger partial charge in [0.25, 0.3) is 5.56 Å². The monoisotopic (exact) mass is 484 g/mol. The van der Waals surface area contributed by atoms with Crippen LogP contribution in [0.3, 0.4) is 0 Å². The van der Waals surface area contributed by atoms with Crippen LogP contribution in [-0.4, -0.2) is 24.3 Å². The first-order valence-electron chi connectivity index (χ1n) is 11.3. The Morgan fingerprint density at radius 2 is 1.83 bits per heavy atom. The fourth-order valence-corrected chi connectivity index (χ4v) is 5.54. The molecular formula is C28H24N2O4S. The molecule has 7 heteroatoms. The molecule has 35 heavy (non-hydrogen) atoms. The number of para-hydroxylation sites is 1. The minimum Gasteiger partial charge on any atom is -0.496 e. The highest BCUT2D eigenvalue weighted by atomic mass is 32.1. The molecule has 0 fully saturated rings. The van der Waals surface area contributed by atoms with E-state index in [9.17, 15) is 9.59 Å². The molecule has 0 saturated carbocycles. The first kappa shape index (κ1) is 22.8. The molecule has 0 amide bonds. The van der Waals surface area contributed by atoms with Gasteiger partial charge in [-0.05, 0) is 42.3 Å². The molecule has 2 heterocycles. The number of rotatable bonds is 5. The van der Waals surface area contributed by atoms with Crippen molar-refractivity contribution in [2.75, 3.05) is 13.7 Å². The molecule has 0 N–H and O–H groups in total. The van der Waals surface area contributed by atoms with Gasteiger partial charge < -0.3 is 9.47 Å². The van der Waals surface area contributed by atoms with Crippen LogP contribution in [0, 0.1) is 0 Å². The zero-order valence-corrected chi connectivity index (χ0v) is 20.5. The summed E-state index contributed by atoms with van der Waals surface area (Å²) in [6.07, 6.45) is 1.81. The van der Waals surface area contributed by atoms with Crippen LogP contribution in [0.15, 0.2) is 87.8 Å². The van der Waals surface area contributed by atoms with Crippen molar-refractivity contribution in [3.8, 4) is 5.75 Å². The number of thiazole rings is 1. The van der Waals surface area contributed by atoms with Gasteiger partial charge in [-0.3, -0.25) is 9.36 Å². The van der Waals surface area contributed by atoms with E-state index in [-0.39, 0.29) is 12.2 Å². The average Bonchev–Trinajstić information content (AvgIpc) is 3.17. The molecule has 1 aliphatic rings. The van der Waals surface area contributed by atoms with Crippen molar-refractivity contribution < 1.29 is 14.3 Å².